The smallest absolute Gasteiger partial charge is 0.186 e. The fourth-order valence-corrected chi connectivity index (χ4v) is 2.62. The number of hydrogen-bond donors (Lipinski definition) is 2. The lowest BCUT2D eigenvalue weighted by atomic mass is 10.3. The normalized spacial score (nSPS) is 17.7. The molecule has 0 radical (unpaired) electrons. The molecule has 0 unspecified atom stereocenters. The maximum atomic E-state index is 7.35. The van der Waals surface area contributed by atoms with Crippen molar-refractivity contribution >= 4 is 22.3 Å². The third kappa shape index (κ3) is 2.33. The van der Waals surface area contributed by atoms with Crippen molar-refractivity contribution < 1.29 is 0 Å². The first kappa shape index (κ1) is 11.3. The molecule has 88 valence electrons. The van der Waals surface area contributed by atoms with E-state index in [1.165, 1.54) is 11.3 Å². The van der Waals surface area contributed by atoms with E-state index in [4.69, 9.17) is 11.1 Å². The van der Waals surface area contributed by atoms with Crippen LogP contribution in [0.2, 0.25) is 0 Å². The van der Waals surface area contributed by atoms with Gasteiger partial charge in [0.25, 0.3) is 0 Å². The topological polar surface area (TPSA) is 69.2 Å². The van der Waals surface area contributed by atoms with Gasteiger partial charge in [-0.25, -0.2) is 4.98 Å². The van der Waals surface area contributed by atoms with Crippen LogP contribution >= 0.6 is 11.3 Å². The van der Waals surface area contributed by atoms with Crippen LogP contribution in [0.5, 0.6) is 0 Å². The van der Waals surface area contributed by atoms with E-state index in [1.54, 1.807) is 6.20 Å². The number of piperazine rings is 1. The largest absolute Gasteiger partial charge is 0.383 e. The molecular weight excluding hydrogens is 222 g/mol. The number of rotatable bonds is 3. The van der Waals surface area contributed by atoms with E-state index < -0.39 is 0 Å². The van der Waals surface area contributed by atoms with Gasteiger partial charge in [0.1, 0.15) is 5.84 Å². The van der Waals surface area contributed by atoms with E-state index in [1.807, 2.05) is 0 Å². The van der Waals surface area contributed by atoms with E-state index in [0.29, 0.717) is 0 Å². The molecule has 0 aromatic carbocycles. The summed E-state index contributed by atoms with van der Waals surface area (Å²) in [6, 6.07) is 0. The molecule has 0 spiro atoms. The Balaban J connectivity index is 2.00. The number of aromatic nitrogens is 1. The van der Waals surface area contributed by atoms with Crippen molar-refractivity contribution in [3.63, 3.8) is 0 Å². The summed E-state index contributed by atoms with van der Waals surface area (Å²) in [6.45, 7) is 7.51. The minimum absolute atomic E-state index is 0.107. The van der Waals surface area contributed by atoms with Crippen molar-refractivity contribution in [3.05, 3.63) is 11.1 Å². The van der Waals surface area contributed by atoms with Crippen LogP contribution in [-0.4, -0.2) is 48.4 Å². The molecule has 0 amide bonds. The van der Waals surface area contributed by atoms with E-state index in [2.05, 4.69) is 21.7 Å². The Morgan fingerprint density at radius 3 is 2.69 bits per heavy atom. The molecule has 2 heterocycles. The lowest BCUT2D eigenvalue weighted by Gasteiger charge is -2.33. The first-order chi connectivity index (χ1) is 7.70. The van der Waals surface area contributed by atoms with Crippen molar-refractivity contribution in [2.75, 3.05) is 37.6 Å². The Hall–Kier alpha value is -1.14. The van der Waals surface area contributed by atoms with Crippen molar-refractivity contribution in [3.8, 4) is 0 Å². The van der Waals surface area contributed by atoms with Gasteiger partial charge in [0, 0.05) is 26.2 Å². The van der Waals surface area contributed by atoms with E-state index >= 15 is 0 Å². The molecule has 1 aliphatic rings. The monoisotopic (exact) mass is 239 g/mol. The van der Waals surface area contributed by atoms with Gasteiger partial charge in [0.05, 0.1) is 11.1 Å². The molecule has 1 aromatic heterocycles. The van der Waals surface area contributed by atoms with E-state index in [0.717, 1.165) is 42.7 Å². The Labute approximate surface area is 99.4 Å². The second-order valence-corrected chi connectivity index (χ2v) is 4.85. The summed E-state index contributed by atoms with van der Waals surface area (Å²) in [5.41, 5.74) is 5.43. The van der Waals surface area contributed by atoms with Crippen LogP contribution in [0.25, 0.3) is 0 Å². The summed E-state index contributed by atoms with van der Waals surface area (Å²) >= 11 is 1.50. The van der Waals surface area contributed by atoms with Gasteiger partial charge in [-0.3, -0.25) is 5.41 Å². The number of hydrogen-bond acceptors (Lipinski definition) is 5. The van der Waals surface area contributed by atoms with Crippen LogP contribution in [0.15, 0.2) is 6.20 Å². The number of nitrogens with zero attached hydrogens (tertiary/aromatic N) is 3. The maximum absolute atomic E-state index is 7.35. The van der Waals surface area contributed by atoms with Crippen LogP contribution in [0.4, 0.5) is 5.13 Å². The van der Waals surface area contributed by atoms with Crippen LogP contribution < -0.4 is 10.6 Å². The minimum Gasteiger partial charge on any atom is -0.383 e. The maximum Gasteiger partial charge on any atom is 0.186 e. The van der Waals surface area contributed by atoms with Gasteiger partial charge in [-0.1, -0.05) is 18.3 Å². The Morgan fingerprint density at radius 2 is 2.19 bits per heavy atom. The lowest BCUT2D eigenvalue weighted by molar-refractivity contribution is 0.271. The molecule has 5 nitrogen and oxygen atoms in total. The van der Waals surface area contributed by atoms with E-state index in [-0.39, 0.29) is 5.84 Å². The second kappa shape index (κ2) is 4.80. The first-order valence-corrected chi connectivity index (χ1v) is 6.30. The van der Waals surface area contributed by atoms with Gasteiger partial charge in [-0.05, 0) is 6.54 Å². The number of anilines is 1. The Morgan fingerprint density at radius 1 is 1.50 bits per heavy atom. The highest BCUT2D eigenvalue weighted by molar-refractivity contribution is 7.17. The highest BCUT2D eigenvalue weighted by Crippen LogP contribution is 2.23. The number of nitrogens with one attached hydrogen (secondary N) is 1. The average Bonchev–Trinajstić information content (AvgIpc) is 2.78. The molecule has 0 saturated carbocycles. The number of thiazole rings is 1. The van der Waals surface area contributed by atoms with Gasteiger partial charge in [-0.15, -0.1) is 0 Å². The molecule has 2 rings (SSSR count). The standard InChI is InChI=1S/C10H17N5S/c1-2-14-3-5-15(6-4-14)10-13-7-8(16-10)9(11)12/h7H,2-6H2,1H3,(H3,11,12). The molecule has 1 aliphatic heterocycles. The minimum atomic E-state index is 0.107. The summed E-state index contributed by atoms with van der Waals surface area (Å²) in [5.74, 6) is 0.107. The zero-order valence-corrected chi connectivity index (χ0v) is 10.3. The zero-order valence-electron chi connectivity index (χ0n) is 9.44. The predicted molar refractivity (Wildman–Crippen MR) is 67.5 cm³/mol. The summed E-state index contributed by atoms with van der Waals surface area (Å²) in [6.07, 6.45) is 1.69. The molecule has 1 fully saturated rings. The van der Waals surface area contributed by atoms with Crippen LogP contribution in [0.3, 0.4) is 0 Å². The third-order valence-corrected chi connectivity index (χ3v) is 3.94. The van der Waals surface area contributed by atoms with Crippen molar-refractivity contribution in [2.24, 2.45) is 5.73 Å². The Bertz CT molecular complexity index is 367. The molecule has 3 N–H and O–H groups in total. The molecular formula is C10H17N5S. The predicted octanol–water partition coefficient (Wildman–Crippen LogP) is 0.569. The van der Waals surface area contributed by atoms with Crippen molar-refractivity contribution in [1.82, 2.24) is 9.88 Å². The third-order valence-electron chi connectivity index (χ3n) is 2.85. The highest BCUT2D eigenvalue weighted by atomic mass is 32.1. The number of nitrogen functional groups attached to an aromatic ring is 1. The van der Waals surface area contributed by atoms with Crippen LogP contribution in [0, 0.1) is 5.41 Å². The fourth-order valence-electron chi connectivity index (χ4n) is 1.79. The first-order valence-electron chi connectivity index (χ1n) is 5.48. The molecule has 0 aliphatic carbocycles. The number of amidine groups is 1. The zero-order chi connectivity index (χ0) is 11.5. The molecule has 16 heavy (non-hydrogen) atoms. The molecule has 0 atom stereocenters. The Kier molecular flexibility index (Phi) is 3.40. The molecule has 1 saturated heterocycles. The summed E-state index contributed by atoms with van der Waals surface area (Å²) in [4.78, 5) is 9.77. The van der Waals surface area contributed by atoms with E-state index in [9.17, 15) is 0 Å². The van der Waals surface area contributed by atoms with Gasteiger partial charge >= 0.3 is 0 Å². The summed E-state index contributed by atoms with van der Waals surface area (Å²) < 4.78 is 0. The number of likely N-dealkylation sites (N-methyl/N-ethyl adjacent to an activating group) is 1. The molecule has 6 heteroatoms. The van der Waals surface area contributed by atoms with Gasteiger partial charge in [0.15, 0.2) is 5.13 Å². The highest BCUT2D eigenvalue weighted by Gasteiger charge is 2.18. The van der Waals surface area contributed by atoms with Gasteiger partial charge in [0.2, 0.25) is 0 Å². The SMILES string of the molecule is CCN1CCN(c2ncc(C(=N)N)s2)CC1. The number of nitrogens with two attached hydrogens (primary N) is 1. The van der Waals surface area contributed by atoms with Crippen LogP contribution in [-0.2, 0) is 0 Å². The van der Waals surface area contributed by atoms with Crippen molar-refractivity contribution in [1.29, 1.82) is 5.41 Å². The van der Waals surface area contributed by atoms with Crippen molar-refractivity contribution in [2.45, 2.75) is 6.92 Å². The lowest BCUT2D eigenvalue weighted by Crippen LogP contribution is -2.46. The average molecular weight is 239 g/mol. The van der Waals surface area contributed by atoms with Crippen LogP contribution in [0.1, 0.15) is 11.8 Å². The summed E-state index contributed by atoms with van der Waals surface area (Å²) in [5, 5.41) is 8.33. The summed E-state index contributed by atoms with van der Waals surface area (Å²) in [7, 11) is 0. The quantitative estimate of drug-likeness (QED) is 0.597. The fraction of sp³-hybridized carbons (Fsp3) is 0.600. The van der Waals surface area contributed by atoms with Gasteiger partial charge < -0.3 is 15.5 Å². The molecule has 1 aromatic rings. The molecule has 0 bridgehead atoms. The van der Waals surface area contributed by atoms with Gasteiger partial charge in [-0.2, -0.15) is 0 Å². The second-order valence-electron chi connectivity index (χ2n) is 3.84.